The van der Waals surface area contributed by atoms with Crippen LogP contribution in [0.3, 0.4) is 0 Å². The van der Waals surface area contributed by atoms with E-state index in [1.54, 1.807) is 12.3 Å². The fraction of sp³-hybridized carbons (Fsp3) is 0.250. The second kappa shape index (κ2) is 5.38. The molecule has 0 bridgehead atoms. The van der Waals surface area contributed by atoms with Crippen molar-refractivity contribution in [2.45, 2.75) is 6.54 Å². The molecule has 0 aliphatic rings. The van der Waals surface area contributed by atoms with Gasteiger partial charge in [-0.05, 0) is 6.07 Å². The average Bonchev–Trinajstić information content (AvgIpc) is 2.86. The van der Waals surface area contributed by atoms with Crippen molar-refractivity contribution in [1.82, 2.24) is 14.8 Å². The second-order valence-electron chi connectivity index (χ2n) is 3.67. The number of aromatic carboxylic acids is 1. The van der Waals surface area contributed by atoms with Crippen molar-refractivity contribution in [3.8, 4) is 11.5 Å². The smallest absolute Gasteiger partial charge is 0.354 e. The van der Waals surface area contributed by atoms with E-state index in [-0.39, 0.29) is 12.2 Å². The van der Waals surface area contributed by atoms with Crippen LogP contribution in [-0.2, 0) is 6.54 Å². The molecule has 2 heterocycles. The van der Waals surface area contributed by atoms with E-state index < -0.39 is 5.97 Å². The van der Waals surface area contributed by atoms with Crippen LogP contribution in [0.4, 0.5) is 0 Å². The van der Waals surface area contributed by atoms with Gasteiger partial charge in [0.15, 0.2) is 11.5 Å². The van der Waals surface area contributed by atoms with Gasteiger partial charge >= 0.3 is 5.97 Å². The van der Waals surface area contributed by atoms with Gasteiger partial charge in [-0.3, -0.25) is 9.67 Å². The molecule has 0 spiro atoms. The highest BCUT2D eigenvalue weighted by Gasteiger charge is 2.15. The number of hydrogen-bond donors (Lipinski definition) is 1. The van der Waals surface area contributed by atoms with Crippen molar-refractivity contribution >= 4 is 5.97 Å². The van der Waals surface area contributed by atoms with E-state index in [1.165, 1.54) is 31.2 Å². The van der Waals surface area contributed by atoms with Gasteiger partial charge in [0.2, 0.25) is 0 Å². The van der Waals surface area contributed by atoms with E-state index in [1.807, 2.05) is 0 Å². The van der Waals surface area contributed by atoms with Crippen LogP contribution in [0.15, 0.2) is 24.5 Å². The molecule has 1 N–H and O–H groups in total. The van der Waals surface area contributed by atoms with Crippen LogP contribution < -0.4 is 9.47 Å². The van der Waals surface area contributed by atoms with Crippen molar-refractivity contribution < 1.29 is 19.4 Å². The molecule has 0 aliphatic heterocycles. The van der Waals surface area contributed by atoms with Gasteiger partial charge in [-0.2, -0.15) is 5.10 Å². The molecule has 0 saturated heterocycles. The number of methoxy groups -OCH3 is 2. The Morgan fingerprint density at radius 2 is 2.11 bits per heavy atom. The summed E-state index contributed by atoms with van der Waals surface area (Å²) in [5.41, 5.74) is 0.639. The van der Waals surface area contributed by atoms with Crippen molar-refractivity contribution in [1.29, 1.82) is 0 Å². The fourth-order valence-electron chi connectivity index (χ4n) is 1.75. The lowest BCUT2D eigenvalue weighted by Gasteiger charge is -2.12. The van der Waals surface area contributed by atoms with E-state index in [9.17, 15) is 4.79 Å². The van der Waals surface area contributed by atoms with Crippen molar-refractivity contribution in [2.75, 3.05) is 14.2 Å². The van der Waals surface area contributed by atoms with Gasteiger partial charge < -0.3 is 14.6 Å². The normalized spacial score (nSPS) is 10.2. The van der Waals surface area contributed by atoms with Crippen LogP contribution in [0.25, 0.3) is 0 Å². The summed E-state index contributed by atoms with van der Waals surface area (Å²) >= 11 is 0. The number of carboxylic acid groups (broad SMARTS) is 1. The number of rotatable bonds is 5. The summed E-state index contributed by atoms with van der Waals surface area (Å²) in [6.07, 6.45) is 3.00. The summed E-state index contributed by atoms with van der Waals surface area (Å²) in [5, 5.41) is 13.0. The third-order valence-electron chi connectivity index (χ3n) is 2.60. The monoisotopic (exact) mass is 263 g/mol. The maximum Gasteiger partial charge on any atom is 0.354 e. The molecular weight excluding hydrogens is 250 g/mol. The predicted octanol–water partition coefficient (Wildman–Crippen LogP) is 1.04. The number of ether oxygens (including phenoxy) is 2. The van der Waals surface area contributed by atoms with Crippen LogP contribution in [0.1, 0.15) is 16.2 Å². The summed E-state index contributed by atoms with van der Waals surface area (Å²) in [5.74, 6) is -0.0345. The van der Waals surface area contributed by atoms with E-state index in [0.717, 1.165) is 0 Å². The Hall–Kier alpha value is -2.57. The molecule has 0 unspecified atom stereocenters. The average molecular weight is 263 g/mol. The summed E-state index contributed by atoms with van der Waals surface area (Å²) in [6, 6.07) is 3.10. The van der Waals surface area contributed by atoms with Gasteiger partial charge in [-0.15, -0.1) is 0 Å². The minimum Gasteiger partial charge on any atom is -0.493 e. The third kappa shape index (κ3) is 2.49. The fourth-order valence-corrected chi connectivity index (χ4v) is 1.75. The summed E-state index contributed by atoms with van der Waals surface area (Å²) in [6.45, 7) is 0.189. The first-order chi connectivity index (χ1) is 9.17. The number of carbonyl (C=O) groups is 1. The molecule has 0 aromatic carbocycles. The highest BCUT2D eigenvalue weighted by atomic mass is 16.5. The minimum absolute atomic E-state index is 0.0895. The highest BCUT2D eigenvalue weighted by Crippen LogP contribution is 2.29. The van der Waals surface area contributed by atoms with Crippen LogP contribution in [0, 0.1) is 0 Å². The first-order valence-corrected chi connectivity index (χ1v) is 5.48. The van der Waals surface area contributed by atoms with Gasteiger partial charge in [0.25, 0.3) is 0 Å². The lowest BCUT2D eigenvalue weighted by Crippen LogP contribution is -2.12. The number of carboxylic acids is 1. The van der Waals surface area contributed by atoms with Crippen LogP contribution in [0.5, 0.6) is 11.5 Å². The van der Waals surface area contributed by atoms with Gasteiger partial charge in [0, 0.05) is 18.5 Å². The number of hydrogen-bond acceptors (Lipinski definition) is 5. The lowest BCUT2D eigenvalue weighted by molar-refractivity contribution is 0.0684. The van der Waals surface area contributed by atoms with Gasteiger partial charge in [0.1, 0.15) is 11.4 Å². The Labute approximate surface area is 109 Å². The van der Waals surface area contributed by atoms with Crippen molar-refractivity contribution in [3.05, 3.63) is 35.9 Å². The van der Waals surface area contributed by atoms with Gasteiger partial charge in [-0.25, -0.2) is 4.79 Å². The molecule has 0 amide bonds. The van der Waals surface area contributed by atoms with Crippen molar-refractivity contribution in [3.63, 3.8) is 0 Å². The second-order valence-corrected chi connectivity index (χ2v) is 3.67. The number of aromatic nitrogens is 3. The van der Waals surface area contributed by atoms with E-state index in [2.05, 4.69) is 10.1 Å². The molecule has 0 radical (unpaired) electrons. The maximum absolute atomic E-state index is 11.0. The van der Waals surface area contributed by atoms with E-state index >= 15 is 0 Å². The largest absolute Gasteiger partial charge is 0.493 e. The molecule has 7 heteroatoms. The molecule has 0 saturated carbocycles. The molecule has 7 nitrogen and oxygen atoms in total. The van der Waals surface area contributed by atoms with E-state index in [0.29, 0.717) is 17.2 Å². The molecule has 0 atom stereocenters. The Kier molecular flexibility index (Phi) is 3.65. The van der Waals surface area contributed by atoms with E-state index in [4.69, 9.17) is 14.6 Å². The van der Waals surface area contributed by atoms with Crippen molar-refractivity contribution in [2.24, 2.45) is 0 Å². The Bertz CT molecular complexity index is 594. The summed E-state index contributed by atoms with van der Waals surface area (Å²) < 4.78 is 11.7. The standard InChI is InChI=1S/C12H13N3O4/c1-18-10-4-5-13-8(11(10)19-2)7-15-9(12(16)17)3-6-14-15/h3-6H,7H2,1-2H3,(H,16,17). The van der Waals surface area contributed by atoms with Crippen LogP contribution in [-0.4, -0.2) is 40.1 Å². The molecule has 2 aromatic rings. The molecule has 2 rings (SSSR count). The zero-order chi connectivity index (χ0) is 13.8. The van der Waals surface area contributed by atoms with Crippen LogP contribution in [0.2, 0.25) is 0 Å². The molecule has 0 fully saturated rings. The third-order valence-corrected chi connectivity index (χ3v) is 2.60. The topological polar surface area (TPSA) is 86.5 Å². The van der Waals surface area contributed by atoms with Gasteiger partial charge in [0.05, 0.1) is 20.8 Å². The predicted molar refractivity (Wildman–Crippen MR) is 65.6 cm³/mol. The zero-order valence-corrected chi connectivity index (χ0v) is 10.5. The molecule has 2 aromatic heterocycles. The molecular formula is C12H13N3O4. The maximum atomic E-state index is 11.0. The number of pyridine rings is 1. The molecule has 0 aliphatic carbocycles. The molecule has 19 heavy (non-hydrogen) atoms. The minimum atomic E-state index is -1.04. The number of nitrogens with zero attached hydrogens (tertiary/aromatic N) is 3. The highest BCUT2D eigenvalue weighted by molar-refractivity contribution is 5.85. The first-order valence-electron chi connectivity index (χ1n) is 5.48. The Morgan fingerprint density at radius 3 is 2.74 bits per heavy atom. The SMILES string of the molecule is COc1ccnc(Cn2nccc2C(=O)O)c1OC. The zero-order valence-electron chi connectivity index (χ0n) is 10.5. The molecule has 100 valence electrons. The summed E-state index contributed by atoms with van der Waals surface area (Å²) in [7, 11) is 3.03. The lowest BCUT2D eigenvalue weighted by atomic mass is 10.3. The van der Waals surface area contributed by atoms with Crippen LogP contribution >= 0.6 is 0 Å². The first kappa shape index (κ1) is 12.9. The summed E-state index contributed by atoms with van der Waals surface area (Å²) in [4.78, 5) is 15.2. The van der Waals surface area contributed by atoms with Gasteiger partial charge in [-0.1, -0.05) is 0 Å². The Balaban J connectivity index is 2.38. The quantitative estimate of drug-likeness (QED) is 0.867. The Morgan fingerprint density at radius 1 is 1.32 bits per heavy atom.